The average molecular weight is 332 g/mol. The number of sulfone groups is 1. The summed E-state index contributed by atoms with van der Waals surface area (Å²) >= 11 is 0. The molecular formula is C15H28N2O4S. The molecule has 0 spiro atoms. The number of carbonyl (C=O) groups is 1. The largest absolute Gasteiger partial charge is 0.444 e. The zero-order valence-corrected chi connectivity index (χ0v) is 14.9. The zero-order valence-electron chi connectivity index (χ0n) is 14.0. The molecule has 128 valence electrons. The number of hydrogen-bond acceptors (Lipinski definition) is 5. The molecular weight excluding hydrogens is 304 g/mol. The smallest absolute Gasteiger partial charge is 0.410 e. The molecule has 0 unspecified atom stereocenters. The van der Waals surface area contributed by atoms with E-state index in [2.05, 4.69) is 4.90 Å². The van der Waals surface area contributed by atoms with E-state index in [9.17, 15) is 13.2 Å². The van der Waals surface area contributed by atoms with E-state index in [1.807, 2.05) is 20.8 Å². The summed E-state index contributed by atoms with van der Waals surface area (Å²) in [6.45, 7) is 7.22. The zero-order chi connectivity index (χ0) is 16.5. The number of hydrogen-bond donors (Lipinski definition) is 0. The van der Waals surface area contributed by atoms with Crippen LogP contribution < -0.4 is 0 Å². The Balaban J connectivity index is 1.94. The first kappa shape index (κ1) is 17.5. The van der Waals surface area contributed by atoms with Gasteiger partial charge in [-0.05, 0) is 46.6 Å². The lowest BCUT2D eigenvalue weighted by atomic mass is 10.0. The van der Waals surface area contributed by atoms with Crippen LogP contribution in [0.5, 0.6) is 0 Å². The lowest BCUT2D eigenvalue weighted by Gasteiger charge is -2.40. The van der Waals surface area contributed by atoms with E-state index >= 15 is 0 Å². The highest BCUT2D eigenvalue weighted by Gasteiger charge is 2.36. The van der Waals surface area contributed by atoms with Crippen molar-refractivity contribution in [2.45, 2.75) is 57.7 Å². The Morgan fingerprint density at radius 1 is 1.27 bits per heavy atom. The predicted octanol–water partition coefficient (Wildman–Crippen LogP) is 1.50. The van der Waals surface area contributed by atoms with Crippen LogP contribution in [-0.4, -0.2) is 73.6 Å². The van der Waals surface area contributed by atoms with Crippen molar-refractivity contribution >= 4 is 15.9 Å². The first-order valence-electron chi connectivity index (χ1n) is 7.98. The highest BCUT2D eigenvalue weighted by Crippen LogP contribution is 2.24. The third-order valence-corrected chi connectivity index (χ3v) is 6.13. The molecule has 22 heavy (non-hydrogen) atoms. The third-order valence-electron chi connectivity index (χ3n) is 4.38. The van der Waals surface area contributed by atoms with Crippen LogP contribution in [-0.2, 0) is 14.6 Å². The van der Waals surface area contributed by atoms with Crippen molar-refractivity contribution < 1.29 is 17.9 Å². The second-order valence-electron chi connectivity index (χ2n) is 7.44. The summed E-state index contributed by atoms with van der Waals surface area (Å²) in [4.78, 5) is 16.1. The van der Waals surface area contributed by atoms with Gasteiger partial charge in [0.25, 0.3) is 0 Å². The molecule has 2 heterocycles. The summed E-state index contributed by atoms with van der Waals surface area (Å²) in [6.07, 6.45) is 2.32. The fraction of sp³-hybridized carbons (Fsp3) is 0.933. The molecule has 1 amide bonds. The molecule has 6 nitrogen and oxygen atoms in total. The summed E-state index contributed by atoms with van der Waals surface area (Å²) < 4.78 is 28.7. The Bertz CT molecular complexity index is 512. The molecule has 0 bridgehead atoms. The Morgan fingerprint density at radius 3 is 2.50 bits per heavy atom. The number of nitrogens with zero attached hydrogens (tertiary/aromatic N) is 2. The number of carbonyl (C=O) groups excluding carboxylic acids is 1. The van der Waals surface area contributed by atoms with Crippen molar-refractivity contribution in [3.05, 3.63) is 0 Å². The number of amides is 1. The Hall–Kier alpha value is -0.820. The van der Waals surface area contributed by atoms with Crippen LogP contribution in [0.25, 0.3) is 0 Å². The van der Waals surface area contributed by atoms with E-state index in [0.29, 0.717) is 12.2 Å². The van der Waals surface area contributed by atoms with E-state index < -0.39 is 15.4 Å². The van der Waals surface area contributed by atoms with E-state index in [-0.39, 0.29) is 23.9 Å². The van der Waals surface area contributed by atoms with Gasteiger partial charge in [0.2, 0.25) is 0 Å². The van der Waals surface area contributed by atoms with Gasteiger partial charge in [0.05, 0.1) is 11.5 Å². The van der Waals surface area contributed by atoms with E-state index in [1.165, 1.54) is 0 Å². The number of rotatable bonds is 2. The first-order chi connectivity index (χ1) is 10.1. The van der Waals surface area contributed by atoms with Crippen molar-refractivity contribution in [2.75, 3.05) is 31.6 Å². The lowest BCUT2D eigenvalue weighted by molar-refractivity contribution is 0.0108. The van der Waals surface area contributed by atoms with Crippen LogP contribution in [0.2, 0.25) is 0 Å². The van der Waals surface area contributed by atoms with E-state index in [1.54, 1.807) is 11.9 Å². The monoisotopic (exact) mass is 332 g/mol. The van der Waals surface area contributed by atoms with Gasteiger partial charge in [0.15, 0.2) is 9.84 Å². The highest BCUT2D eigenvalue weighted by atomic mass is 32.2. The predicted molar refractivity (Wildman–Crippen MR) is 85.7 cm³/mol. The van der Waals surface area contributed by atoms with Crippen LogP contribution in [0.15, 0.2) is 0 Å². The summed E-state index contributed by atoms with van der Waals surface area (Å²) in [5, 5.41) is 0. The topological polar surface area (TPSA) is 66.9 Å². The molecule has 0 aliphatic carbocycles. The summed E-state index contributed by atoms with van der Waals surface area (Å²) in [5.74, 6) is 0.552. The van der Waals surface area contributed by atoms with Crippen LogP contribution in [0, 0.1) is 0 Å². The normalized spacial score (nSPS) is 29.3. The van der Waals surface area contributed by atoms with Crippen molar-refractivity contribution in [1.29, 1.82) is 0 Å². The van der Waals surface area contributed by atoms with Gasteiger partial charge in [-0.3, -0.25) is 4.90 Å². The van der Waals surface area contributed by atoms with E-state index in [0.717, 1.165) is 25.9 Å². The average Bonchev–Trinajstić information content (AvgIpc) is 2.76. The van der Waals surface area contributed by atoms with Gasteiger partial charge in [-0.15, -0.1) is 0 Å². The maximum atomic E-state index is 12.2. The SMILES string of the molecule is CN(C(=O)OC(C)(C)C)[C@@H]1CCCN([C@@H]2CCS(=O)(=O)C2)C1. The number of likely N-dealkylation sites (N-methyl/N-ethyl adjacent to an activating group) is 1. The van der Waals surface area contributed by atoms with Gasteiger partial charge in [0, 0.05) is 25.7 Å². The molecule has 0 aromatic heterocycles. The standard InChI is InChI=1S/C15H28N2O4S/c1-15(2,3)21-14(18)16(4)12-6-5-8-17(10-12)13-7-9-22(19,20)11-13/h12-13H,5-11H2,1-4H3/t12-,13-/m1/s1. The van der Waals surface area contributed by atoms with Crippen LogP contribution in [0.3, 0.4) is 0 Å². The van der Waals surface area contributed by atoms with Crippen LogP contribution >= 0.6 is 0 Å². The molecule has 0 aromatic rings. The van der Waals surface area contributed by atoms with Gasteiger partial charge < -0.3 is 9.64 Å². The molecule has 2 rings (SSSR count). The van der Waals surface area contributed by atoms with Gasteiger partial charge in [-0.25, -0.2) is 13.2 Å². The molecule has 2 aliphatic rings. The summed E-state index contributed by atoms with van der Waals surface area (Å²) in [5.41, 5.74) is -0.501. The fourth-order valence-electron chi connectivity index (χ4n) is 3.18. The van der Waals surface area contributed by atoms with Crippen LogP contribution in [0.1, 0.15) is 40.0 Å². The van der Waals surface area contributed by atoms with Gasteiger partial charge in [0.1, 0.15) is 5.60 Å². The summed E-state index contributed by atoms with van der Waals surface area (Å²) in [7, 11) is -1.10. The Morgan fingerprint density at radius 2 is 1.95 bits per heavy atom. The van der Waals surface area contributed by atoms with Crippen molar-refractivity contribution in [3.8, 4) is 0 Å². The Labute approximate surface area is 133 Å². The highest BCUT2D eigenvalue weighted by molar-refractivity contribution is 7.91. The van der Waals surface area contributed by atoms with Gasteiger partial charge in [-0.1, -0.05) is 0 Å². The van der Waals surface area contributed by atoms with Crippen molar-refractivity contribution in [1.82, 2.24) is 9.80 Å². The minimum Gasteiger partial charge on any atom is -0.444 e. The van der Waals surface area contributed by atoms with E-state index in [4.69, 9.17) is 4.74 Å². The molecule has 0 radical (unpaired) electrons. The minimum atomic E-state index is -2.87. The molecule has 7 heteroatoms. The molecule has 2 saturated heterocycles. The fourth-order valence-corrected chi connectivity index (χ4v) is 4.94. The van der Waals surface area contributed by atoms with Crippen molar-refractivity contribution in [3.63, 3.8) is 0 Å². The summed E-state index contributed by atoms with van der Waals surface area (Å²) in [6, 6.07) is 0.201. The second-order valence-corrected chi connectivity index (χ2v) is 9.67. The van der Waals surface area contributed by atoms with Crippen molar-refractivity contribution in [2.24, 2.45) is 0 Å². The Kier molecular flexibility index (Phi) is 5.06. The minimum absolute atomic E-state index is 0.0897. The lowest BCUT2D eigenvalue weighted by Crippen LogP contribution is -2.52. The maximum absolute atomic E-state index is 12.2. The molecule has 2 aliphatic heterocycles. The molecule has 2 fully saturated rings. The van der Waals surface area contributed by atoms with Gasteiger partial charge >= 0.3 is 6.09 Å². The van der Waals surface area contributed by atoms with Crippen LogP contribution in [0.4, 0.5) is 4.79 Å². The number of ether oxygens (including phenoxy) is 1. The van der Waals surface area contributed by atoms with Gasteiger partial charge in [-0.2, -0.15) is 0 Å². The second kappa shape index (κ2) is 6.35. The molecule has 2 atom stereocenters. The molecule has 0 aromatic carbocycles. The molecule has 0 saturated carbocycles. The third kappa shape index (κ3) is 4.59. The first-order valence-corrected chi connectivity index (χ1v) is 9.80. The molecule has 0 N–H and O–H groups in total. The quantitative estimate of drug-likeness (QED) is 0.767. The maximum Gasteiger partial charge on any atom is 0.410 e. The number of piperidine rings is 1. The number of likely N-dealkylation sites (tertiary alicyclic amines) is 1.